The maximum Gasteiger partial charge on any atom is 0.248 e. The van der Waals surface area contributed by atoms with Crippen molar-refractivity contribution in [1.82, 2.24) is 10.9 Å². The van der Waals surface area contributed by atoms with E-state index in [0.717, 1.165) is 16.2 Å². The molecular weight excluding hydrogens is 276 g/mol. The van der Waals surface area contributed by atoms with Gasteiger partial charge in [-0.25, -0.2) is 10.9 Å². The molecule has 20 heavy (non-hydrogen) atoms. The number of carbonyl (C=O) groups is 2. The van der Waals surface area contributed by atoms with Crippen molar-refractivity contribution >= 4 is 35.1 Å². The number of aryl methyl sites for hydroxylation is 1. The Labute approximate surface area is 121 Å². The van der Waals surface area contributed by atoms with Gasteiger partial charge in [0.25, 0.3) is 0 Å². The van der Waals surface area contributed by atoms with Crippen LogP contribution in [0.3, 0.4) is 0 Å². The average Bonchev–Trinajstić information content (AvgIpc) is 2.95. The predicted molar refractivity (Wildman–Crippen MR) is 78.8 cm³/mol. The van der Waals surface area contributed by atoms with Crippen LogP contribution in [0.15, 0.2) is 21.6 Å². The highest BCUT2D eigenvalue weighted by atomic mass is 32.1. The van der Waals surface area contributed by atoms with E-state index < -0.39 is 0 Å². The molecule has 0 aromatic carbocycles. The van der Waals surface area contributed by atoms with E-state index in [4.69, 9.17) is 0 Å². The fourth-order valence-corrected chi connectivity index (χ4v) is 2.63. The monoisotopic (exact) mass is 292 g/mol. The molecule has 1 atom stereocenters. The Bertz CT molecular complexity index is 577. The van der Waals surface area contributed by atoms with Crippen molar-refractivity contribution in [3.05, 3.63) is 21.9 Å². The maximum atomic E-state index is 11.6. The van der Waals surface area contributed by atoms with Crippen LogP contribution >= 0.6 is 11.3 Å². The molecule has 0 aliphatic carbocycles. The average molecular weight is 292 g/mol. The molecule has 7 heteroatoms. The number of hydrogen-bond donors (Lipinski definition) is 2. The van der Waals surface area contributed by atoms with E-state index in [1.807, 2.05) is 18.4 Å². The second kappa shape index (κ2) is 6.42. The first-order chi connectivity index (χ1) is 9.58. The van der Waals surface area contributed by atoms with Gasteiger partial charge in [0.2, 0.25) is 11.8 Å². The number of hydrazone groups is 2. The molecule has 2 N–H and O–H groups in total. The molecule has 0 fully saturated rings. The molecule has 106 valence electrons. The molecule has 2 amide bonds. The number of carbonyl (C=O) groups excluding carboxylic acids is 2. The van der Waals surface area contributed by atoms with Crippen LogP contribution in [0, 0.1) is 12.8 Å². The van der Waals surface area contributed by atoms with Crippen LogP contribution in [0.4, 0.5) is 0 Å². The van der Waals surface area contributed by atoms with Crippen LogP contribution in [0.1, 0.15) is 30.2 Å². The Kier molecular flexibility index (Phi) is 4.62. The van der Waals surface area contributed by atoms with E-state index in [0.29, 0.717) is 6.42 Å². The van der Waals surface area contributed by atoms with Crippen LogP contribution in [-0.2, 0) is 9.59 Å². The van der Waals surface area contributed by atoms with E-state index in [9.17, 15) is 9.59 Å². The second-order valence-corrected chi connectivity index (χ2v) is 5.53. The highest BCUT2D eigenvalue weighted by Gasteiger charge is 2.26. The normalized spacial score (nSPS) is 18.2. The SMILES string of the molecule is CC1=NNC(=O)[C@H]1CCC(=O)NN=Cc1sccc1C. The zero-order valence-electron chi connectivity index (χ0n) is 11.3. The molecule has 0 saturated carbocycles. The fourth-order valence-electron chi connectivity index (χ4n) is 1.84. The number of nitrogens with zero attached hydrogens (tertiary/aromatic N) is 2. The summed E-state index contributed by atoms with van der Waals surface area (Å²) in [5, 5.41) is 9.72. The van der Waals surface area contributed by atoms with E-state index in [1.54, 1.807) is 24.5 Å². The second-order valence-electron chi connectivity index (χ2n) is 4.58. The number of nitrogens with one attached hydrogen (secondary N) is 2. The Balaban J connectivity index is 1.76. The predicted octanol–water partition coefficient (Wildman–Crippen LogP) is 1.41. The van der Waals surface area contributed by atoms with Crippen LogP contribution in [0.25, 0.3) is 0 Å². The Hall–Kier alpha value is -2.02. The lowest BCUT2D eigenvalue weighted by atomic mass is 9.99. The highest BCUT2D eigenvalue weighted by Crippen LogP contribution is 2.14. The molecule has 0 unspecified atom stereocenters. The van der Waals surface area contributed by atoms with Crippen molar-refractivity contribution in [2.24, 2.45) is 16.1 Å². The van der Waals surface area contributed by atoms with Crippen LogP contribution < -0.4 is 10.9 Å². The summed E-state index contributed by atoms with van der Waals surface area (Å²) in [6.07, 6.45) is 2.32. The van der Waals surface area contributed by atoms with Crippen LogP contribution in [0.5, 0.6) is 0 Å². The summed E-state index contributed by atoms with van der Waals surface area (Å²) in [4.78, 5) is 24.1. The van der Waals surface area contributed by atoms with Gasteiger partial charge < -0.3 is 0 Å². The van der Waals surface area contributed by atoms with Crippen molar-refractivity contribution in [2.45, 2.75) is 26.7 Å². The van der Waals surface area contributed by atoms with Gasteiger partial charge in [-0.15, -0.1) is 11.3 Å². The van der Waals surface area contributed by atoms with E-state index in [2.05, 4.69) is 21.1 Å². The smallest absolute Gasteiger partial charge is 0.248 e. The van der Waals surface area contributed by atoms with Crippen LogP contribution in [0.2, 0.25) is 0 Å². The fraction of sp³-hybridized carbons (Fsp3) is 0.385. The summed E-state index contributed by atoms with van der Waals surface area (Å²) < 4.78 is 0. The van der Waals surface area contributed by atoms with Crippen molar-refractivity contribution < 1.29 is 9.59 Å². The van der Waals surface area contributed by atoms with Gasteiger partial charge in [0.15, 0.2) is 0 Å². The first kappa shape index (κ1) is 14.4. The van der Waals surface area contributed by atoms with E-state index >= 15 is 0 Å². The van der Waals surface area contributed by atoms with Crippen molar-refractivity contribution in [1.29, 1.82) is 0 Å². The molecule has 0 radical (unpaired) electrons. The molecule has 2 heterocycles. The number of rotatable bonds is 5. The standard InChI is InChI=1S/C13H16N4O2S/c1-8-5-6-20-11(8)7-14-16-12(18)4-3-10-9(2)15-17-13(10)19/h5-7,10H,3-4H2,1-2H3,(H,16,18)(H,17,19)/t10-/m0/s1. The summed E-state index contributed by atoms with van der Waals surface area (Å²) in [5.74, 6) is -0.653. The molecule has 1 aliphatic heterocycles. The number of hydrogen-bond acceptors (Lipinski definition) is 5. The van der Waals surface area contributed by atoms with Gasteiger partial charge in [0, 0.05) is 17.0 Å². The summed E-state index contributed by atoms with van der Waals surface area (Å²) in [7, 11) is 0. The molecule has 0 bridgehead atoms. The molecule has 1 aliphatic rings. The van der Waals surface area contributed by atoms with Gasteiger partial charge in [-0.05, 0) is 37.3 Å². The lowest BCUT2D eigenvalue weighted by Crippen LogP contribution is -2.25. The summed E-state index contributed by atoms with van der Waals surface area (Å²) in [6.45, 7) is 3.76. The topological polar surface area (TPSA) is 82.9 Å². The molecule has 6 nitrogen and oxygen atoms in total. The quantitative estimate of drug-likeness (QED) is 0.635. The Morgan fingerprint density at radius 3 is 3.00 bits per heavy atom. The lowest BCUT2D eigenvalue weighted by molar-refractivity contribution is -0.123. The van der Waals surface area contributed by atoms with Crippen LogP contribution in [-0.4, -0.2) is 23.7 Å². The first-order valence-corrected chi connectivity index (χ1v) is 7.16. The molecule has 1 aromatic rings. The van der Waals surface area contributed by atoms with Gasteiger partial charge in [-0.3, -0.25) is 9.59 Å². The Morgan fingerprint density at radius 1 is 1.60 bits per heavy atom. The Morgan fingerprint density at radius 2 is 2.40 bits per heavy atom. The minimum absolute atomic E-state index is 0.145. The molecule has 2 rings (SSSR count). The zero-order chi connectivity index (χ0) is 14.5. The third kappa shape index (κ3) is 3.51. The third-order valence-corrected chi connectivity index (χ3v) is 4.05. The van der Waals surface area contributed by atoms with Gasteiger partial charge >= 0.3 is 0 Å². The summed E-state index contributed by atoms with van der Waals surface area (Å²) in [5.41, 5.74) is 6.72. The minimum atomic E-state index is -0.302. The van der Waals surface area contributed by atoms with Crippen molar-refractivity contribution in [3.8, 4) is 0 Å². The lowest BCUT2D eigenvalue weighted by Gasteiger charge is -2.06. The highest BCUT2D eigenvalue weighted by molar-refractivity contribution is 7.11. The molecule has 0 spiro atoms. The third-order valence-electron chi connectivity index (χ3n) is 3.10. The number of thiophene rings is 1. The van der Waals surface area contributed by atoms with Crippen molar-refractivity contribution in [2.75, 3.05) is 0 Å². The largest absolute Gasteiger partial charge is 0.273 e. The number of amides is 2. The minimum Gasteiger partial charge on any atom is -0.273 e. The summed E-state index contributed by atoms with van der Waals surface area (Å²) in [6, 6.07) is 1.99. The van der Waals surface area contributed by atoms with Gasteiger partial charge in [0.05, 0.1) is 12.1 Å². The van der Waals surface area contributed by atoms with Gasteiger partial charge in [0.1, 0.15) is 0 Å². The zero-order valence-corrected chi connectivity index (χ0v) is 12.2. The van der Waals surface area contributed by atoms with Gasteiger partial charge in [-0.2, -0.15) is 10.2 Å². The molecule has 1 aromatic heterocycles. The van der Waals surface area contributed by atoms with Gasteiger partial charge in [-0.1, -0.05) is 0 Å². The molecular formula is C13H16N4O2S. The van der Waals surface area contributed by atoms with E-state index in [-0.39, 0.29) is 24.2 Å². The van der Waals surface area contributed by atoms with Crippen molar-refractivity contribution in [3.63, 3.8) is 0 Å². The first-order valence-electron chi connectivity index (χ1n) is 6.28. The summed E-state index contributed by atoms with van der Waals surface area (Å²) >= 11 is 1.57. The molecule has 0 saturated heterocycles. The maximum absolute atomic E-state index is 11.6. The van der Waals surface area contributed by atoms with E-state index in [1.165, 1.54) is 0 Å².